The molecule has 2 heterocycles. The Labute approximate surface area is 135 Å². The Balaban J connectivity index is 1.88. The molecule has 1 aliphatic heterocycles. The van der Waals surface area contributed by atoms with Crippen molar-refractivity contribution in [3.05, 3.63) is 10.6 Å². The van der Waals surface area contributed by atoms with E-state index < -0.39 is 0 Å². The number of likely N-dealkylation sites (tertiary alicyclic amines) is 1. The number of carbonyl (C=O) groups is 2. The van der Waals surface area contributed by atoms with Crippen LogP contribution in [0.4, 0.5) is 0 Å². The maximum atomic E-state index is 12.3. The summed E-state index contributed by atoms with van der Waals surface area (Å²) in [5, 5.41) is 7.01. The third kappa shape index (κ3) is 3.82. The summed E-state index contributed by atoms with van der Waals surface area (Å²) in [5.41, 5.74) is 0.406. The monoisotopic (exact) mass is 324 g/mol. The summed E-state index contributed by atoms with van der Waals surface area (Å²) in [6, 6.07) is 0.114. The molecule has 0 aromatic carbocycles. The molecule has 6 nitrogen and oxygen atoms in total. The minimum atomic E-state index is -0.347. The Bertz CT molecular complexity index is 542. The summed E-state index contributed by atoms with van der Waals surface area (Å²) in [5.74, 6) is 0.0876. The minimum absolute atomic E-state index is 0.0903. The highest BCUT2D eigenvalue weighted by Crippen LogP contribution is 2.21. The van der Waals surface area contributed by atoms with E-state index in [1.54, 1.807) is 0 Å². The van der Waals surface area contributed by atoms with Crippen molar-refractivity contribution in [3.8, 4) is 0 Å². The van der Waals surface area contributed by atoms with Crippen LogP contribution in [-0.4, -0.2) is 45.4 Å². The van der Waals surface area contributed by atoms with Crippen LogP contribution in [0.5, 0.6) is 0 Å². The molecule has 0 radical (unpaired) electrons. The van der Waals surface area contributed by atoms with Gasteiger partial charge < -0.3 is 10.2 Å². The van der Waals surface area contributed by atoms with E-state index in [-0.39, 0.29) is 23.3 Å². The zero-order valence-corrected chi connectivity index (χ0v) is 14.5. The van der Waals surface area contributed by atoms with E-state index in [1.807, 2.05) is 32.6 Å². The Kier molecular flexibility index (Phi) is 5.16. The molecule has 22 heavy (non-hydrogen) atoms. The van der Waals surface area contributed by atoms with Gasteiger partial charge in [0, 0.05) is 24.5 Å². The zero-order chi connectivity index (χ0) is 16.3. The largest absolute Gasteiger partial charge is 0.348 e. The Morgan fingerprint density at radius 3 is 2.50 bits per heavy atom. The summed E-state index contributed by atoms with van der Waals surface area (Å²) in [7, 11) is 0. The number of nitrogens with one attached hydrogen (secondary N) is 1. The second kappa shape index (κ2) is 6.73. The lowest BCUT2D eigenvalue weighted by Crippen LogP contribution is -2.49. The van der Waals surface area contributed by atoms with Gasteiger partial charge in [-0.05, 0) is 30.8 Å². The number of carbonyl (C=O) groups excluding carboxylic acids is 2. The minimum Gasteiger partial charge on any atom is -0.348 e. The summed E-state index contributed by atoms with van der Waals surface area (Å²) in [6.45, 7) is 9.17. The third-order valence-electron chi connectivity index (χ3n) is 3.86. The first kappa shape index (κ1) is 16.9. The number of nitrogens with zero attached hydrogens (tertiary/aromatic N) is 3. The lowest BCUT2D eigenvalue weighted by molar-refractivity contribution is -0.140. The molecule has 1 aromatic heterocycles. The molecule has 1 saturated heterocycles. The predicted octanol–water partition coefficient (Wildman–Crippen LogP) is 1.87. The second-order valence-electron chi connectivity index (χ2n) is 6.69. The normalized spacial score (nSPS) is 16.6. The van der Waals surface area contributed by atoms with Gasteiger partial charge >= 0.3 is 0 Å². The van der Waals surface area contributed by atoms with Gasteiger partial charge in [-0.1, -0.05) is 32.2 Å². The quantitative estimate of drug-likeness (QED) is 0.921. The number of aromatic nitrogens is 2. The maximum Gasteiger partial charge on any atom is 0.265 e. The zero-order valence-electron chi connectivity index (χ0n) is 13.7. The molecule has 0 atom stereocenters. The maximum absolute atomic E-state index is 12.3. The van der Waals surface area contributed by atoms with Crippen LogP contribution in [0.1, 0.15) is 55.9 Å². The molecule has 7 heteroatoms. The van der Waals surface area contributed by atoms with E-state index in [1.165, 1.54) is 0 Å². The molecule has 0 spiro atoms. The second-order valence-corrected chi connectivity index (χ2v) is 7.45. The molecular formula is C15H24N4O2S. The molecular weight excluding hydrogens is 300 g/mol. The van der Waals surface area contributed by atoms with Crippen LogP contribution < -0.4 is 5.32 Å². The standard InChI is InChI=1S/C15H24N4O2S/c1-5-11-12(22-18-17-11)13(20)16-10-6-8-19(9-7-10)14(21)15(2,3)4/h10H,5-9H2,1-4H3,(H,16,20). The van der Waals surface area contributed by atoms with Crippen molar-refractivity contribution in [2.24, 2.45) is 5.41 Å². The molecule has 2 amide bonds. The highest BCUT2D eigenvalue weighted by atomic mass is 32.1. The van der Waals surface area contributed by atoms with E-state index in [4.69, 9.17) is 0 Å². The molecule has 2 rings (SSSR count). The highest BCUT2D eigenvalue weighted by molar-refractivity contribution is 7.08. The summed E-state index contributed by atoms with van der Waals surface area (Å²) < 4.78 is 3.85. The summed E-state index contributed by atoms with van der Waals surface area (Å²) in [4.78, 5) is 27.0. The molecule has 1 aliphatic rings. The van der Waals surface area contributed by atoms with E-state index in [0.29, 0.717) is 24.4 Å². The van der Waals surface area contributed by atoms with Crippen LogP contribution >= 0.6 is 11.5 Å². The summed E-state index contributed by atoms with van der Waals surface area (Å²) >= 11 is 1.14. The van der Waals surface area contributed by atoms with E-state index in [2.05, 4.69) is 14.9 Å². The van der Waals surface area contributed by atoms with Gasteiger partial charge in [-0.15, -0.1) is 5.10 Å². The van der Waals surface area contributed by atoms with Gasteiger partial charge in [-0.3, -0.25) is 9.59 Å². The van der Waals surface area contributed by atoms with Gasteiger partial charge in [-0.25, -0.2) is 0 Å². The van der Waals surface area contributed by atoms with E-state index in [9.17, 15) is 9.59 Å². The number of piperidine rings is 1. The van der Waals surface area contributed by atoms with Crippen molar-refractivity contribution in [3.63, 3.8) is 0 Å². The Hall–Kier alpha value is -1.50. The average Bonchev–Trinajstić information content (AvgIpc) is 2.95. The first-order valence-corrected chi connectivity index (χ1v) is 8.51. The Morgan fingerprint density at radius 2 is 1.95 bits per heavy atom. The molecule has 0 aliphatic carbocycles. The van der Waals surface area contributed by atoms with Crippen LogP contribution in [-0.2, 0) is 11.2 Å². The van der Waals surface area contributed by atoms with Gasteiger partial charge in [0.05, 0.1) is 5.69 Å². The van der Waals surface area contributed by atoms with Crippen molar-refractivity contribution in [1.82, 2.24) is 19.8 Å². The fraction of sp³-hybridized carbons (Fsp3) is 0.733. The molecule has 122 valence electrons. The van der Waals surface area contributed by atoms with Crippen LogP contribution in [0, 0.1) is 5.41 Å². The number of hydrogen-bond acceptors (Lipinski definition) is 5. The number of hydrogen-bond donors (Lipinski definition) is 1. The molecule has 0 saturated carbocycles. The average molecular weight is 324 g/mol. The Morgan fingerprint density at radius 1 is 1.32 bits per heavy atom. The molecule has 0 bridgehead atoms. The topological polar surface area (TPSA) is 75.2 Å². The molecule has 0 unspecified atom stereocenters. The molecule has 1 fully saturated rings. The fourth-order valence-electron chi connectivity index (χ4n) is 2.56. The van der Waals surface area contributed by atoms with Crippen molar-refractivity contribution < 1.29 is 9.59 Å². The van der Waals surface area contributed by atoms with Crippen LogP contribution in [0.2, 0.25) is 0 Å². The van der Waals surface area contributed by atoms with Crippen molar-refractivity contribution in [2.45, 2.75) is 53.0 Å². The van der Waals surface area contributed by atoms with Crippen LogP contribution in [0.25, 0.3) is 0 Å². The van der Waals surface area contributed by atoms with Crippen molar-refractivity contribution in [2.75, 3.05) is 13.1 Å². The van der Waals surface area contributed by atoms with Gasteiger partial charge in [0.2, 0.25) is 5.91 Å². The fourth-order valence-corrected chi connectivity index (χ4v) is 3.22. The van der Waals surface area contributed by atoms with Gasteiger partial charge in [-0.2, -0.15) is 0 Å². The van der Waals surface area contributed by atoms with Gasteiger partial charge in [0.1, 0.15) is 4.88 Å². The first-order chi connectivity index (χ1) is 10.3. The lowest BCUT2D eigenvalue weighted by atomic mass is 9.93. The van der Waals surface area contributed by atoms with E-state index in [0.717, 1.165) is 30.1 Å². The smallest absolute Gasteiger partial charge is 0.265 e. The third-order valence-corrected chi connectivity index (χ3v) is 4.62. The molecule has 1 aromatic rings. The van der Waals surface area contributed by atoms with Crippen molar-refractivity contribution in [1.29, 1.82) is 0 Å². The van der Waals surface area contributed by atoms with E-state index >= 15 is 0 Å². The number of amides is 2. The number of aryl methyl sites for hydroxylation is 1. The van der Waals surface area contributed by atoms with Gasteiger partial charge in [0.25, 0.3) is 5.91 Å². The number of rotatable bonds is 3. The predicted molar refractivity (Wildman–Crippen MR) is 85.8 cm³/mol. The van der Waals surface area contributed by atoms with Crippen LogP contribution in [0.3, 0.4) is 0 Å². The first-order valence-electron chi connectivity index (χ1n) is 7.74. The van der Waals surface area contributed by atoms with Gasteiger partial charge in [0.15, 0.2) is 0 Å². The SMILES string of the molecule is CCc1nnsc1C(=O)NC1CCN(C(=O)C(C)(C)C)CC1. The van der Waals surface area contributed by atoms with Crippen molar-refractivity contribution >= 4 is 23.3 Å². The lowest BCUT2D eigenvalue weighted by Gasteiger charge is -2.35. The molecule has 1 N–H and O–H groups in total. The summed E-state index contributed by atoms with van der Waals surface area (Å²) in [6.07, 6.45) is 2.29. The van der Waals surface area contributed by atoms with Crippen LogP contribution in [0.15, 0.2) is 0 Å². The highest BCUT2D eigenvalue weighted by Gasteiger charge is 2.31.